The van der Waals surface area contributed by atoms with Crippen molar-refractivity contribution < 1.29 is 14.2 Å². The van der Waals surface area contributed by atoms with Crippen LogP contribution in [0.1, 0.15) is 20.8 Å². The lowest BCUT2D eigenvalue weighted by molar-refractivity contribution is 0.0802. The maximum Gasteiger partial charge on any atom is 0.134 e. The number of hydrogen-bond donors (Lipinski definition) is 1. The fraction of sp³-hybridized carbons (Fsp3) is 0.625. The minimum atomic E-state index is 0.0108. The van der Waals surface area contributed by atoms with Crippen LogP contribution in [0.5, 0.6) is 11.5 Å². The van der Waals surface area contributed by atoms with Crippen LogP contribution in [-0.2, 0) is 4.74 Å². The Kier molecular flexibility index (Phi) is 8.07. The van der Waals surface area contributed by atoms with E-state index in [9.17, 15) is 0 Å². The normalized spacial score (nSPS) is 12.4. The Labute approximate surface area is 122 Å². The molecule has 0 aliphatic heterocycles. The van der Waals surface area contributed by atoms with Crippen molar-refractivity contribution in [2.75, 3.05) is 33.4 Å². The zero-order valence-electron chi connectivity index (χ0n) is 13.0. The lowest BCUT2D eigenvalue weighted by Gasteiger charge is -2.20. The molecule has 1 rings (SSSR count). The summed E-state index contributed by atoms with van der Waals surface area (Å²) in [6.07, 6.45) is 0.0108. The van der Waals surface area contributed by atoms with E-state index in [0.29, 0.717) is 19.1 Å². The number of hydrogen-bond acceptors (Lipinski definition) is 4. The first kappa shape index (κ1) is 16.8. The molecule has 0 heterocycles. The third-order valence-corrected chi connectivity index (χ3v) is 2.71. The van der Waals surface area contributed by atoms with Gasteiger partial charge in [-0.05, 0) is 43.7 Å². The molecule has 1 N–H and O–H groups in total. The Morgan fingerprint density at radius 2 is 1.70 bits per heavy atom. The van der Waals surface area contributed by atoms with Crippen molar-refractivity contribution in [2.24, 2.45) is 5.92 Å². The lowest BCUT2D eigenvalue weighted by atomic mass is 10.2. The molecule has 0 saturated heterocycles. The van der Waals surface area contributed by atoms with Gasteiger partial charge >= 0.3 is 0 Å². The first-order chi connectivity index (χ1) is 9.65. The second-order valence-electron chi connectivity index (χ2n) is 5.15. The highest BCUT2D eigenvalue weighted by molar-refractivity contribution is 5.31. The number of ether oxygens (including phenoxy) is 3. The van der Waals surface area contributed by atoms with Crippen LogP contribution in [0.3, 0.4) is 0 Å². The van der Waals surface area contributed by atoms with E-state index in [0.717, 1.165) is 24.6 Å². The summed E-state index contributed by atoms with van der Waals surface area (Å²) in [4.78, 5) is 0. The van der Waals surface area contributed by atoms with Gasteiger partial charge in [0.05, 0.1) is 13.2 Å². The highest BCUT2D eigenvalue weighted by Crippen LogP contribution is 2.18. The molecule has 0 fully saturated rings. The van der Waals surface area contributed by atoms with Crippen LogP contribution in [0.4, 0.5) is 0 Å². The molecule has 114 valence electrons. The van der Waals surface area contributed by atoms with Gasteiger partial charge in [-0.1, -0.05) is 13.8 Å². The van der Waals surface area contributed by atoms with Gasteiger partial charge in [-0.15, -0.1) is 0 Å². The molecule has 1 aromatic carbocycles. The molecule has 4 heteroatoms. The summed E-state index contributed by atoms with van der Waals surface area (Å²) in [6, 6.07) is 7.70. The van der Waals surface area contributed by atoms with Crippen molar-refractivity contribution in [3.8, 4) is 11.5 Å². The van der Waals surface area contributed by atoms with E-state index in [1.165, 1.54) is 0 Å². The zero-order chi connectivity index (χ0) is 14.8. The first-order valence-corrected chi connectivity index (χ1v) is 7.24. The fourth-order valence-corrected chi connectivity index (χ4v) is 1.83. The Hall–Kier alpha value is -1.26. The maximum atomic E-state index is 5.93. The van der Waals surface area contributed by atoms with Gasteiger partial charge in [0.25, 0.3) is 0 Å². The van der Waals surface area contributed by atoms with Gasteiger partial charge in [0.2, 0.25) is 0 Å². The van der Waals surface area contributed by atoms with E-state index < -0.39 is 0 Å². The van der Waals surface area contributed by atoms with Gasteiger partial charge < -0.3 is 19.5 Å². The largest absolute Gasteiger partial charge is 0.494 e. The standard InChI is InChI=1S/C16H27NO3/c1-5-19-14-6-8-15(9-7-14)20-16(12-18-4)11-17-10-13(2)3/h6-9,13,16-17H,5,10-12H2,1-4H3. The predicted octanol–water partition coefficient (Wildman–Crippen LogP) is 2.72. The van der Waals surface area contributed by atoms with E-state index in [1.54, 1.807) is 7.11 Å². The van der Waals surface area contributed by atoms with Crippen LogP contribution in [0.2, 0.25) is 0 Å². The summed E-state index contributed by atoms with van der Waals surface area (Å²) in [7, 11) is 1.69. The zero-order valence-corrected chi connectivity index (χ0v) is 13.0. The van der Waals surface area contributed by atoms with Crippen LogP contribution >= 0.6 is 0 Å². The Bertz CT molecular complexity index is 351. The highest BCUT2D eigenvalue weighted by Gasteiger charge is 2.10. The van der Waals surface area contributed by atoms with Crippen molar-refractivity contribution in [3.63, 3.8) is 0 Å². The van der Waals surface area contributed by atoms with Crippen LogP contribution in [0.25, 0.3) is 0 Å². The number of benzene rings is 1. The van der Waals surface area contributed by atoms with Crippen molar-refractivity contribution in [1.82, 2.24) is 5.32 Å². The molecule has 1 atom stereocenters. The molecule has 0 aliphatic rings. The van der Waals surface area contributed by atoms with Crippen LogP contribution in [-0.4, -0.2) is 39.5 Å². The minimum Gasteiger partial charge on any atom is -0.494 e. The summed E-state index contributed by atoms with van der Waals surface area (Å²) >= 11 is 0. The average Bonchev–Trinajstić information content (AvgIpc) is 2.41. The van der Waals surface area contributed by atoms with Gasteiger partial charge in [0.15, 0.2) is 0 Å². The molecular formula is C16H27NO3. The highest BCUT2D eigenvalue weighted by atomic mass is 16.5. The SMILES string of the molecule is CCOc1ccc(OC(CNCC(C)C)COC)cc1. The molecule has 0 aromatic heterocycles. The quantitative estimate of drug-likeness (QED) is 0.716. The summed E-state index contributed by atoms with van der Waals surface area (Å²) in [6.45, 7) is 9.34. The van der Waals surface area contributed by atoms with Crippen LogP contribution < -0.4 is 14.8 Å². The van der Waals surface area contributed by atoms with Gasteiger partial charge in [-0.3, -0.25) is 0 Å². The van der Waals surface area contributed by atoms with Crippen molar-refractivity contribution in [2.45, 2.75) is 26.9 Å². The summed E-state index contributed by atoms with van der Waals surface area (Å²) in [5, 5.41) is 3.39. The minimum absolute atomic E-state index is 0.0108. The summed E-state index contributed by atoms with van der Waals surface area (Å²) in [5.74, 6) is 2.33. The van der Waals surface area contributed by atoms with E-state index in [-0.39, 0.29) is 6.10 Å². The number of nitrogens with one attached hydrogen (secondary N) is 1. The smallest absolute Gasteiger partial charge is 0.134 e. The average molecular weight is 281 g/mol. The molecule has 1 unspecified atom stereocenters. The number of rotatable bonds is 10. The van der Waals surface area contributed by atoms with Crippen molar-refractivity contribution in [3.05, 3.63) is 24.3 Å². The van der Waals surface area contributed by atoms with Crippen LogP contribution in [0, 0.1) is 5.92 Å². The number of methoxy groups -OCH3 is 1. The molecule has 0 radical (unpaired) electrons. The molecular weight excluding hydrogens is 254 g/mol. The molecule has 20 heavy (non-hydrogen) atoms. The van der Waals surface area contributed by atoms with Crippen molar-refractivity contribution >= 4 is 0 Å². The van der Waals surface area contributed by atoms with Gasteiger partial charge in [-0.2, -0.15) is 0 Å². The predicted molar refractivity (Wildman–Crippen MR) is 81.6 cm³/mol. The first-order valence-electron chi connectivity index (χ1n) is 7.24. The Morgan fingerprint density at radius 1 is 1.05 bits per heavy atom. The van der Waals surface area contributed by atoms with Gasteiger partial charge in [0.1, 0.15) is 17.6 Å². The fourth-order valence-electron chi connectivity index (χ4n) is 1.83. The maximum absolute atomic E-state index is 5.93. The Morgan fingerprint density at radius 3 is 2.25 bits per heavy atom. The second-order valence-corrected chi connectivity index (χ2v) is 5.15. The summed E-state index contributed by atoms with van der Waals surface area (Å²) in [5.41, 5.74) is 0. The topological polar surface area (TPSA) is 39.7 Å². The van der Waals surface area contributed by atoms with E-state index in [2.05, 4.69) is 19.2 Å². The molecule has 0 bridgehead atoms. The second kappa shape index (κ2) is 9.61. The van der Waals surface area contributed by atoms with E-state index in [4.69, 9.17) is 14.2 Å². The molecule has 0 aliphatic carbocycles. The molecule has 1 aromatic rings. The monoisotopic (exact) mass is 281 g/mol. The molecule has 0 amide bonds. The van der Waals surface area contributed by atoms with Gasteiger partial charge in [0, 0.05) is 13.7 Å². The lowest BCUT2D eigenvalue weighted by Crippen LogP contribution is -2.36. The Balaban J connectivity index is 2.47. The molecule has 0 spiro atoms. The molecule has 4 nitrogen and oxygen atoms in total. The summed E-state index contributed by atoms with van der Waals surface area (Å²) < 4.78 is 16.5. The van der Waals surface area contributed by atoms with Crippen molar-refractivity contribution in [1.29, 1.82) is 0 Å². The van der Waals surface area contributed by atoms with Gasteiger partial charge in [-0.25, -0.2) is 0 Å². The van der Waals surface area contributed by atoms with E-state index in [1.807, 2.05) is 31.2 Å². The third kappa shape index (κ3) is 6.78. The molecule has 0 saturated carbocycles. The third-order valence-electron chi connectivity index (χ3n) is 2.71. The van der Waals surface area contributed by atoms with Crippen LogP contribution in [0.15, 0.2) is 24.3 Å². The van der Waals surface area contributed by atoms with E-state index >= 15 is 0 Å².